The van der Waals surface area contributed by atoms with Gasteiger partial charge in [-0.2, -0.15) is 8.78 Å². The van der Waals surface area contributed by atoms with Gasteiger partial charge in [-0.25, -0.2) is 13.2 Å². The largest absolute Gasteiger partial charge is 0.573 e. The van der Waals surface area contributed by atoms with E-state index in [4.69, 9.17) is 0 Å². The molecule has 1 aliphatic carbocycles. The van der Waals surface area contributed by atoms with Crippen LogP contribution in [0.25, 0.3) is 0 Å². The van der Waals surface area contributed by atoms with Gasteiger partial charge in [-0.05, 0) is 42.4 Å². The second-order valence-corrected chi connectivity index (χ2v) is 9.62. The van der Waals surface area contributed by atoms with Crippen molar-refractivity contribution in [2.75, 3.05) is 0 Å². The van der Waals surface area contributed by atoms with E-state index in [0.717, 1.165) is 37.3 Å². The highest BCUT2D eigenvalue weighted by atomic mass is 19.4. The van der Waals surface area contributed by atoms with Gasteiger partial charge in [0.25, 0.3) is 0 Å². The second kappa shape index (κ2) is 12.3. The number of benzene rings is 2. The van der Waals surface area contributed by atoms with Crippen molar-refractivity contribution in [1.82, 2.24) is 0 Å². The zero-order valence-electron chi connectivity index (χ0n) is 20.5. The third-order valence-electron chi connectivity index (χ3n) is 6.81. The molecule has 0 spiro atoms. The van der Waals surface area contributed by atoms with Crippen LogP contribution in [0, 0.1) is 29.3 Å². The maximum absolute atomic E-state index is 14.6. The first-order valence-corrected chi connectivity index (χ1v) is 12.5. The predicted molar refractivity (Wildman–Crippen MR) is 122 cm³/mol. The summed E-state index contributed by atoms with van der Waals surface area (Å²) in [6.45, 7) is 2.18. The van der Waals surface area contributed by atoms with Crippen molar-refractivity contribution in [3.63, 3.8) is 0 Å². The summed E-state index contributed by atoms with van der Waals surface area (Å²) in [7, 11) is 0. The summed E-state index contributed by atoms with van der Waals surface area (Å²) in [5.74, 6) is -6.77. The molecule has 0 saturated heterocycles. The highest BCUT2D eigenvalue weighted by Gasteiger charge is 2.39. The fraction of sp³-hybridized carbons (Fsp3) is 0.556. The molecule has 0 unspecified atom stereocenters. The molecule has 2 aromatic carbocycles. The molecule has 37 heavy (non-hydrogen) atoms. The molecule has 10 heteroatoms. The Kier molecular flexibility index (Phi) is 9.69. The number of rotatable bonds is 11. The van der Waals surface area contributed by atoms with Gasteiger partial charge in [-0.3, -0.25) is 0 Å². The summed E-state index contributed by atoms with van der Waals surface area (Å²) < 4.78 is 116. The monoisotopic (exact) mass is 538 g/mol. The summed E-state index contributed by atoms with van der Waals surface area (Å²) in [6.07, 6.45) is 1.12. The molecular formula is C27H30F8O2. The Morgan fingerprint density at radius 2 is 1.35 bits per heavy atom. The molecule has 1 fully saturated rings. The lowest BCUT2D eigenvalue weighted by atomic mass is 9.78. The Hall–Kier alpha value is -2.52. The van der Waals surface area contributed by atoms with Crippen LogP contribution in [-0.4, -0.2) is 6.36 Å². The molecule has 0 radical (unpaired) electrons. The zero-order chi connectivity index (χ0) is 27.2. The number of aryl methyl sites for hydroxylation is 1. The topological polar surface area (TPSA) is 18.5 Å². The highest BCUT2D eigenvalue weighted by molar-refractivity contribution is 5.36. The van der Waals surface area contributed by atoms with Gasteiger partial charge in [-0.15, -0.1) is 13.2 Å². The first-order chi connectivity index (χ1) is 17.4. The van der Waals surface area contributed by atoms with Crippen LogP contribution < -0.4 is 9.47 Å². The van der Waals surface area contributed by atoms with Gasteiger partial charge < -0.3 is 9.47 Å². The van der Waals surface area contributed by atoms with Crippen molar-refractivity contribution in [3.05, 3.63) is 58.9 Å². The molecule has 2 aromatic rings. The van der Waals surface area contributed by atoms with E-state index in [9.17, 15) is 35.1 Å². The second-order valence-electron chi connectivity index (χ2n) is 9.62. The van der Waals surface area contributed by atoms with E-state index in [0.29, 0.717) is 17.9 Å². The van der Waals surface area contributed by atoms with Crippen molar-refractivity contribution in [2.45, 2.75) is 83.6 Å². The van der Waals surface area contributed by atoms with Gasteiger partial charge >= 0.3 is 12.5 Å². The van der Waals surface area contributed by atoms with Crippen LogP contribution in [0.3, 0.4) is 0 Å². The lowest BCUT2D eigenvalue weighted by molar-refractivity contribution is -0.276. The van der Waals surface area contributed by atoms with Crippen LogP contribution in [-0.2, 0) is 12.5 Å². The molecule has 0 atom stereocenters. The summed E-state index contributed by atoms with van der Waals surface area (Å²) in [4.78, 5) is 0. The van der Waals surface area contributed by atoms with Gasteiger partial charge in [0, 0.05) is 12.1 Å². The van der Waals surface area contributed by atoms with Gasteiger partial charge in [0.15, 0.2) is 11.6 Å². The van der Waals surface area contributed by atoms with E-state index in [1.54, 1.807) is 0 Å². The van der Waals surface area contributed by atoms with Crippen LogP contribution in [0.2, 0.25) is 0 Å². The van der Waals surface area contributed by atoms with E-state index in [-0.39, 0.29) is 12.1 Å². The SMILES string of the molecule is CCCCCC1CCC(CCc2ccc(C(F)(F)Oc3cc(F)c(OC(F)(F)F)c(F)c3)c(F)c2)CC1. The molecule has 3 rings (SSSR count). The summed E-state index contributed by atoms with van der Waals surface area (Å²) in [6, 6.07) is 3.35. The van der Waals surface area contributed by atoms with Crippen LogP contribution >= 0.6 is 0 Å². The number of ether oxygens (including phenoxy) is 2. The molecule has 1 saturated carbocycles. The molecule has 1 aliphatic rings. The smallest absolute Gasteiger partial charge is 0.429 e. The van der Waals surface area contributed by atoms with Crippen LogP contribution in [0.5, 0.6) is 11.5 Å². The van der Waals surface area contributed by atoms with Crippen molar-refractivity contribution < 1.29 is 44.6 Å². The van der Waals surface area contributed by atoms with E-state index in [1.165, 1.54) is 44.6 Å². The van der Waals surface area contributed by atoms with Crippen molar-refractivity contribution in [3.8, 4) is 11.5 Å². The van der Waals surface area contributed by atoms with Gasteiger partial charge in [0.05, 0.1) is 5.56 Å². The van der Waals surface area contributed by atoms with E-state index < -0.39 is 47.0 Å². The Morgan fingerprint density at radius 3 is 1.89 bits per heavy atom. The van der Waals surface area contributed by atoms with Crippen molar-refractivity contribution >= 4 is 0 Å². The van der Waals surface area contributed by atoms with E-state index >= 15 is 0 Å². The van der Waals surface area contributed by atoms with Crippen LogP contribution in [0.1, 0.15) is 75.8 Å². The molecular weight excluding hydrogens is 508 g/mol. The Morgan fingerprint density at radius 1 is 0.757 bits per heavy atom. The maximum Gasteiger partial charge on any atom is 0.573 e. The van der Waals surface area contributed by atoms with Crippen molar-refractivity contribution in [1.29, 1.82) is 0 Å². The molecule has 0 aromatic heterocycles. The fourth-order valence-electron chi connectivity index (χ4n) is 4.82. The predicted octanol–water partition coefficient (Wildman–Crippen LogP) is 9.45. The van der Waals surface area contributed by atoms with Crippen LogP contribution in [0.15, 0.2) is 30.3 Å². The molecule has 0 aliphatic heterocycles. The highest BCUT2D eigenvalue weighted by Crippen LogP contribution is 2.38. The van der Waals surface area contributed by atoms with Crippen molar-refractivity contribution in [2.24, 2.45) is 11.8 Å². The van der Waals surface area contributed by atoms with E-state index in [2.05, 4.69) is 16.4 Å². The lowest BCUT2D eigenvalue weighted by Crippen LogP contribution is -2.24. The van der Waals surface area contributed by atoms with Gasteiger partial charge in [-0.1, -0.05) is 64.4 Å². The van der Waals surface area contributed by atoms with Crippen LogP contribution in [0.4, 0.5) is 35.1 Å². The number of halogens is 8. The average molecular weight is 539 g/mol. The number of alkyl halides is 5. The summed E-state index contributed by atoms with van der Waals surface area (Å²) in [5.41, 5.74) is -0.631. The first kappa shape index (κ1) is 29.0. The minimum absolute atomic E-state index is 0.100. The minimum atomic E-state index is -5.40. The Labute approximate surface area is 211 Å². The zero-order valence-corrected chi connectivity index (χ0v) is 20.5. The normalized spacial score (nSPS) is 18.6. The molecule has 0 N–H and O–H groups in total. The Bertz CT molecular complexity index is 1010. The third kappa shape index (κ3) is 8.50. The molecule has 0 heterocycles. The third-order valence-corrected chi connectivity index (χ3v) is 6.81. The fourth-order valence-corrected chi connectivity index (χ4v) is 4.82. The quantitative estimate of drug-likeness (QED) is 0.210. The molecule has 2 nitrogen and oxygen atoms in total. The standard InChI is InChI=1S/C27H30F8O2/c1-2-3-4-5-17-6-8-18(9-7-17)10-11-19-12-13-21(22(28)14-19)26(31,32)36-20-15-23(29)25(24(30)16-20)37-27(33,34)35/h12-18H,2-11H2,1H3. The average Bonchev–Trinajstić information content (AvgIpc) is 2.80. The molecule has 0 amide bonds. The van der Waals surface area contributed by atoms with E-state index in [1.807, 2.05) is 0 Å². The van der Waals surface area contributed by atoms with Gasteiger partial charge in [0.2, 0.25) is 5.75 Å². The number of hydrogen-bond acceptors (Lipinski definition) is 2. The summed E-state index contributed by atoms with van der Waals surface area (Å²) in [5, 5.41) is 0. The lowest BCUT2D eigenvalue weighted by Gasteiger charge is -2.28. The summed E-state index contributed by atoms with van der Waals surface area (Å²) >= 11 is 0. The Balaban J connectivity index is 1.58. The maximum atomic E-state index is 14.6. The molecule has 0 bridgehead atoms. The van der Waals surface area contributed by atoms with Gasteiger partial charge in [0.1, 0.15) is 11.6 Å². The minimum Gasteiger partial charge on any atom is -0.429 e. The first-order valence-electron chi connectivity index (χ1n) is 12.5. The number of unbranched alkanes of at least 4 members (excludes halogenated alkanes) is 2. The molecule has 206 valence electrons. The number of hydrogen-bond donors (Lipinski definition) is 0.